The molecule has 1 saturated carbocycles. The number of fused-ring (bicyclic) bond motifs is 3. The molecule has 0 unspecified atom stereocenters. The van der Waals surface area contributed by atoms with Crippen molar-refractivity contribution in [3.05, 3.63) is 46.6 Å². The van der Waals surface area contributed by atoms with E-state index >= 15 is 0 Å². The molecule has 3 aliphatic rings. The first-order valence-electron chi connectivity index (χ1n) is 10.8. The first-order valence-corrected chi connectivity index (χ1v) is 10.8. The van der Waals surface area contributed by atoms with Crippen LogP contribution >= 0.6 is 0 Å². The number of ether oxygens (including phenoxy) is 1. The number of hydrogen-bond donors (Lipinski definition) is 0. The van der Waals surface area contributed by atoms with Crippen LogP contribution in [0.4, 0.5) is 11.5 Å². The fourth-order valence-electron chi connectivity index (χ4n) is 5.29. The third-order valence-corrected chi connectivity index (χ3v) is 6.89. The summed E-state index contributed by atoms with van der Waals surface area (Å²) in [6.45, 7) is 2.82. The van der Waals surface area contributed by atoms with Crippen LogP contribution in [-0.2, 0) is 7.05 Å². The van der Waals surface area contributed by atoms with E-state index in [1.807, 2.05) is 28.0 Å². The van der Waals surface area contributed by atoms with Gasteiger partial charge in [0.05, 0.1) is 12.1 Å². The second-order valence-electron chi connectivity index (χ2n) is 8.73. The van der Waals surface area contributed by atoms with Crippen LogP contribution in [0.1, 0.15) is 29.6 Å². The predicted octanol–water partition coefficient (Wildman–Crippen LogP) is 1.83. The molecule has 3 aromatic rings. The van der Waals surface area contributed by atoms with E-state index in [2.05, 4.69) is 10.1 Å². The van der Waals surface area contributed by atoms with E-state index in [9.17, 15) is 9.59 Å². The van der Waals surface area contributed by atoms with Gasteiger partial charge in [-0.3, -0.25) is 9.20 Å². The Morgan fingerprint density at radius 3 is 2.81 bits per heavy atom. The number of aromatic nitrogens is 4. The zero-order valence-corrected chi connectivity index (χ0v) is 17.4. The summed E-state index contributed by atoms with van der Waals surface area (Å²) in [5.74, 6) is 2.64. The van der Waals surface area contributed by atoms with Gasteiger partial charge in [0.1, 0.15) is 6.61 Å². The number of nitrogens with zero attached hydrogens (tertiary/aromatic N) is 6. The molecule has 2 aliphatic heterocycles. The summed E-state index contributed by atoms with van der Waals surface area (Å²) in [5, 5.41) is 4.27. The van der Waals surface area contributed by atoms with Crippen molar-refractivity contribution < 1.29 is 9.53 Å². The molecule has 0 radical (unpaired) electrons. The second kappa shape index (κ2) is 6.83. The Balaban J connectivity index is 1.30. The van der Waals surface area contributed by atoms with Crippen molar-refractivity contribution in [2.45, 2.75) is 19.3 Å². The quantitative estimate of drug-likeness (QED) is 0.629. The van der Waals surface area contributed by atoms with Gasteiger partial charge in [-0.25, -0.2) is 14.5 Å². The monoisotopic (exact) mass is 420 g/mol. The smallest absolute Gasteiger partial charge is 0.350 e. The van der Waals surface area contributed by atoms with Crippen LogP contribution in [0, 0.1) is 11.8 Å². The SMILES string of the molecule is Cn1nc2cc(N3CCOc4cc(C(=O)N5C[C@H]6CCC[C@H]6C5)cnc43)ccn2c1=O. The van der Waals surface area contributed by atoms with Gasteiger partial charge in [-0.2, -0.15) is 5.10 Å². The normalized spacial score (nSPS) is 22.5. The number of carbonyl (C=O) groups excluding carboxylic acids is 1. The Bertz CT molecular complexity index is 1240. The molecular weight excluding hydrogens is 396 g/mol. The lowest BCUT2D eigenvalue weighted by Crippen LogP contribution is -2.32. The third-order valence-electron chi connectivity index (χ3n) is 6.89. The number of anilines is 2. The molecule has 0 spiro atoms. The number of amides is 1. The zero-order valence-electron chi connectivity index (χ0n) is 17.4. The minimum Gasteiger partial charge on any atom is -0.488 e. The number of hydrogen-bond acceptors (Lipinski definition) is 6. The average Bonchev–Trinajstić information content (AvgIpc) is 3.46. The van der Waals surface area contributed by atoms with E-state index in [0.29, 0.717) is 47.8 Å². The average molecular weight is 420 g/mol. The largest absolute Gasteiger partial charge is 0.488 e. The van der Waals surface area contributed by atoms with Crippen molar-refractivity contribution in [2.75, 3.05) is 31.1 Å². The first-order chi connectivity index (χ1) is 15.1. The summed E-state index contributed by atoms with van der Waals surface area (Å²) in [5.41, 5.74) is 1.84. The minimum absolute atomic E-state index is 0.0414. The van der Waals surface area contributed by atoms with Crippen LogP contribution in [0.25, 0.3) is 5.65 Å². The summed E-state index contributed by atoms with van der Waals surface area (Å²) >= 11 is 0. The lowest BCUT2D eigenvalue weighted by Gasteiger charge is -2.30. The molecule has 9 heteroatoms. The molecule has 1 aliphatic carbocycles. The summed E-state index contributed by atoms with van der Waals surface area (Å²) < 4.78 is 8.68. The maximum Gasteiger partial charge on any atom is 0.350 e. The molecule has 2 atom stereocenters. The first kappa shape index (κ1) is 18.4. The molecule has 9 nitrogen and oxygen atoms in total. The molecule has 5 heterocycles. The molecule has 1 saturated heterocycles. The molecule has 0 bridgehead atoms. The van der Waals surface area contributed by atoms with Crippen molar-refractivity contribution in [2.24, 2.45) is 18.9 Å². The van der Waals surface area contributed by atoms with Gasteiger partial charge in [0, 0.05) is 44.3 Å². The van der Waals surface area contributed by atoms with Gasteiger partial charge in [-0.05, 0) is 36.8 Å². The molecule has 160 valence electrons. The standard InChI is InChI=1S/C22H24N6O3/c1-25-22(30)28-6-5-17(10-19(28)24-25)27-7-8-31-18-9-16(11-23-20(18)27)21(29)26-12-14-3-2-4-15(14)13-26/h5-6,9-11,14-15H,2-4,7-8,12-13H2,1H3/t14-,15+. The highest BCUT2D eigenvalue weighted by Crippen LogP contribution is 2.39. The molecule has 31 heavy (non-hydrogen) atoms. The maximum absolute atomic E-state index is 13.1. The summed E-state index contributed by atoms with van der Waals surface area (Å²) in [7, 11) is 1.63. The molecule has 0 N–H and O–H groups in total. The van der Waals surface area contributed by atoms with Crippen molar-refractivity contribution in [1.29, 1.82) is 0 Å². The van der Waals surface area contributed by atoms with Gasteiger partial charge in [-0.1, -0.05) is 6.42 Å². The molecule has 1 amide bonds. The van der Waals surface area contributed by atoms with Gasteiger partial charge < -0.3 is 14.5 Å². The Morgan fingerprint density at radius 2 is 2.00 bits per heavy atom. The van der Waals surface area contributed by atoms with Gasteiger partial charge >= 0.3 is 5.69 Å². The summed E-state index contributed by atoms with van der Waals surface area (Å²) in [4.78, 5) is 33.8. The number of carbonyl (C=O) groups is 1. The van der Waals surface area contributed by atoms with Crippen LogP contribution in [0.2, 0.25) is 0 Å². The van der Waals surface area contributed by atoms with E-state index in [-0.39, 0.29) is 11.6 Å². The fourth-order valence-corrected chi connectivity index (χ4v) is 5.29. The Kier molecular flexibility index (Phi) is 4.06. The molecule has 2 fully saturated rings. The summed E-state index contributed by atoms with van der Waals surface area (Å²) in [6.07, 6.45) is 7.14. The zero-order chi connectivity index (χ0) is 21.1. The molecule has 0 aromatic carbocycles. The highest BCUT2D eigenvalue weighted by Gasteiger charge is 2.38. The van der Waals surface area contributed by atoms with Crippen LogP contribution in [0.3, 0.4) is 0 Å². The molecule has 6 rings (SSSR count). The summed E-state index contributed by atoms with van der Waals surface area (Å²) in [6, 6.07) is 5.55. The Hall–Kier alpha value is -3.36. The van der Waals surface area contributed by atoms with Crippen molar-refractivity contribution in [3.8, 4) is 5.75 Å². The van der Waals surface area contributed by atoms with Crippen LogP contribution < -0.4 is 15.3 Å². The topological polar surface area (TPSA) is 85.0 Å². The van der Waals surface area contributed by atoms with Crippen molar-refractivity contribution >= 4 is 23.1 Å². The lowest BCUT2D eigenvalue weighted by atomic mass is 10.0. The van der Waals surface area contributed by atoms with Gasteiger partial charge in [0.25, 0.3) is 5.91 Å². The second-order valence-corrected chi connectivity index (χ2v) is 8.73. The maximum atomic E-state index is 13.1. The number of pyridine rings is 2. The van der Waals surface area contributed by atoms with E-state index < -0.39 is 0 Å². The minimum atomic E-state index is -0.184. The van der Waals surface area contributed by atoms with Crippen molar-refractivity contribution in [1.82, 2.24) is 24.1 Å². The predicted molar refractivity (Wildman–Crippen MR) is 114 cm³/mol. The fraction of sp³-hybridized carbons (Fsp3) is 0.455. The van der Waals surface area contributed by atoms with Crippen LogP contribution in [-0.4, -0.2) is 56.2 Å². The molecule has 3 aromatic heterocycles. The number of aryl methyl sites for hydroxylation is 1. The van der Waals surface area contributed by atoms with Crippen molar-refractivity contribution in [3.63, 3.8) is 0 Å². The van der Waals surface area contributed by atoms with Gasteiger partial charge in [0.2, 0.25) is 0 Å². The van der Waals surface area contributed by atoms with E-state index in [1.165, 1.54) is 28.3 Å². The highest BCUT2D eigenvalue weighted by molar-refractivity contribution is 5.95. The van der Waals surface area contributed by atoms with E-state index in [4.69, 9.17) is 4.74 Å². The molecular formula is C22H24N6O3. The van der Waals surface area contributed by atoms with Crippen LogP contribution in [0.5, 0.6) is 5.75 Å². The third kappa shape index (κ3) is 2.90. The van der Waals surface area contributed by atoms with Gasteiger partial charge in [0.15, 0.2) is 17.2 Å². The Labute approximate surface area is 178 Å². The van der Waals surface area contributed by atoms with E-state index in [1.54, 1.807) is 19.4 Å². The lowest BCUT2D eigenvalue weighted by molar-refractivity contribution is 0.0779. The highest BCUT2D eigenvalue weighted by atomic mass is 16.5. The van der Waals surface area contributed by atoms with Gasteiger partial charge in [-0.15, -0.1) is 0 Å². The van der Waals surface area contributed by atoms with E-state index in [0.717, 1.165) is 18.8 Å². The Morgan fingerprint density at radius 1 is 1.19 bits per heavy atom. The number of likely N-dealkylation sites (tertiary alicyclic amines) is 1. The van der Waals surface area contributed by atoms with Crippen LogP contribution in [0.15, 0.2) is 35.4 Å². The number of rotatable bonds is 2.